The fourth-order valence-corrected chi connectivity index (χ4v) is 2.76. The number of nitrogens with two attached hydrogens (primary N) is 1. The molecule has 3 N–H and O–H groups in total. The van der Waals surface area contributed by atoms with Gasteiger partial charge in [0, 0.05) is 13.0 Å². The summed E-state index contributed by atoms with van der Waals surface area (Å²) in [6, 6.07) is 5.88. The van der Waals surface area contributed by atoms with Crippen molar-refractivity contribution in [2.45, 2.75) is 32.4 Å². The smallest absolute Gasteiger partial charge is 0.138 e. The average molecular weight is 354 g/mol. The molecule has 0 saturated heterocycles. The Morgan fingerprint density at radius 1 is 1.48 bits per heavy atom. The summed E-state index contributed by atoms with van der Waals surface area (Å²) >= 11 is 3.50. The van der Waals surface area contributed by atoms with Gasteiger partial charge in [0.25, 0.3) is 0 Å². The molecule has 6 nitrogen and oxygen atoms in total. The summed E-state index contributed by atoms with van der Waals surface area (Å²) in [4.78, 5) is 4.32. The Labute approximate surface area is 132 Å². The highest BCUT2D eigenvalue weighted by molar-refractivity contribution is 9.10. The van der Waals surface area contributed by atoms with E-state index in [1.54, 1.807) is 13.4 Å². The summed E-state index contributed by atoms with van der Waals surface area (Å²) in [5.41, 5.74) is 3.91. The van der Waals surface area contributed by atoms with E-state index in [1.165, 1.54) is 0 Å². The molecule has 0 aliphatic heterocycles. The van der Waals surface area contributed by atoms with Crippen LogP contribution in [0.25, 0.3) is 0 Å². The first-order chi connectivity index (χ1) is 10.2. The van der Waals surface area contributed by atoms with Crippen molar-refractivity contribution in [3.63, 3.8) is 0 Å². The van der Waals surface area contributed by atoms with Gasteiger partial charge in [-0.1, -0.05) is 13.0 Å². The summed E-state index contributed by atoms with van der Waals surface area (Å²) in [5.74, 6) is 7.43. The molecule has 0 spiro atoms. The van der Waals surface area contributed by atoms with Crippen molar-refractivity contribution in [2.24, 2.45) is 5.84 Å². The number of rotatable bonds is 7. The minimum Gasteiger partial charge on any atom is -0.496 e. The second-order valence-corrected chi connectivity index (χ2v) is 5.57. The maximum absolute atomic E-state index is 5.71. The fourth-order valence-electron chi connectivity index (χ4n) is 2.20. The van der Waals surface area contributed by atoms with Gasteiger partial charge in [0.1, 0.15) is 17.9 Å². The number of ether oxygens (including phenoxy) is 1. The van der Waals surface area contributed by atoms with Crippen molar-refractivity contribution in [3.8, 4) is 5.75 Å². The minimum atomic E-state index is -0.0352. The van der Waals surface area contributed by atoms with Crippen molar-refractivity contribution in [1.82, 2.24) is 20.2 Å². The average Bonchev–Trinajstić information content (AvgIpc) is 2.92. The molecule has 0 bridgehead atoms. The highest BCUT2D eigenvalue weighted by Gasteiger charge is 2.16. The Kier molecular flexibility index (Phi) is 5.72. The predicted octanol–water partition coefficient (Wildman–Crippen LogP) is 2.21. The first kappa shape index (κ1) is 15.9. The normalized spacial score (nSPS) is 12.4. The molecular weight excluding hydrogens is 334 g/mol. The highest BCUT2D eigenvalue weighted by Crippen LogP contribution is 2.28. The molecule has 7 heteroatoms. The van der Waals surface area contributed by atoms with Gasteiger partial charge >= 0.3 is 0 Å². The van der Waals surface area contributed by atoms with Gasteiger partial charge in [-0.25, -0.2) is 4.98 Å². The van der Waals surface area contributed by atoms with Crippen molar-refractivity contribution in [3.05, 3.63) is 40.4 Å². The Morgan fingerprint density at radius 2 is 2.29 bits per heavy atom. The molecule has 2 aromatic rings. The van der Waals surface area contributed by atoms with E-state index in [4.69, 9.17) is 10.6 Å². The molecule has 0 saturated carbocycles. The van der Waals surface area contributed by atoms with Crippen molar-refractivity contribution in [1.29, 1.82) is 0 Å². The minimum absolute atomic E-state index is 0.0352. The number of hydrogen-bond donors (Lipinski definition) is 2. The lowest BCUT2D eigenvalue weighted by atomic mass is 10.0. The van der Waals surface area contributed by atoms with Crippen LogP contribution in [0, 0.1) is 0 Å². The molecule has 0 radical (unpaired) electrons. The maximum atomic E-state index is 5.71. The summed E-state index contributed by atoms with van der Waals surface area (Å²) in [5, 5.41) is 4.24. The number of nitrogens with one attached hydrogen (secondary N) is 1. The second-order valence-electron chi connectivity index (χ2n) is 4.72. The number of nitrogens with zero attached hydrogens (tertiary/aromatic N) is 3. The molecular formula is C14H20BrN5O. The molecule has 1 atom stereocenters. The van der Waals surface area contributed by atoms with Gasteiger partial charge in [-0.15, -0.1) is 0 Å². The third kappa shape index (κ3) is 3.81. The van der Waals surface area contributed by atoms with Crippen LogP contribution in [0.1, 0.15) is 30.8 Å². The fraction of sp³-hybridized carbons (Fsp3) is 0.429. The number of halogens is 1. The lowest BCUT2D eigenvalue weighted by Gasteiger charge is -2.17. The topological polar surface area (TPSA) is 78.0 Å². The van der Waals surface area contributed by atoms with Gasteiger partial charge in [0.2, 0.25) is 0 Å². The molecule has 1 aromatic carbocycles. The van der Waals surface area contributed by atoms with E-state index in [0.29, 0.717) is 6.42 Å². The van der Waals surface area contributed by atoms with Crippen LogP contribution in [-0.4, -0.2) is 21.9 Å². The van der Waals surface area contributed by atoms with Crippen LogP contribution in [0.3, 0.4) is 0 Å². The number of aryl methyl sites for hydroxylation is 1. The summed E-state index contributed by atoms with van der Waals surface area (Å²) < 4.78 is 8.07. The van der Waals surface area contributed by atoms with Gasteiger partial charge in [-0.05, 0) is 40.0 Å². The van der Waals surface area contributed by atoms with Crippen LogP contribution in [0.5, 0.6) is 5.75 Å². The summed E-state index contributed by atoms with van der Waals surface area (Å²) in [6.45, 7) is 2.98. The van der Waals surface area contributed by atoms with E-state index >= 15 is 0 Å². The molecule has 114 valence electrons. The molecule has 2 rings (SSSR count). The number of hydrazine groups is 1. The Bertz CT molecular complexity index is 586. The van der Waals surface area contributed by atoms with Crippen LogP contribution >= 0.6 is 15.9 Å². The maximum Gasteiger partial charge on any atom is 0.138 e. The Morgan fingerprint density at radius 3 is 2.90 bits per heavy atom. The van der Waals surface area contributed by atoms with Crippen molar-refractivity contribution < 1.29 is 4.74 Å². The summed E-state index contributed by atoms with van der Waals surface area (Å²) in [7, 11) is 1.64. The molecule has 1 aromatic heterocycles. The van der Waals surface area contributed by atoms with Gasteiger partial charge in [0.15, 0.2) is 0 Å². The van der Waals surface area contributed by atoms with Crippen LogP contribution in [0.15, 0.2) is 29.0 Å². The third-order valence-electron chi connectivity index (χ3n) is 3.30. The van der Waals surface area contributed by atoms with E-state index in [0.717, 1.165) is 34.6 Å². The van der Waals surface area contributed by atoms with E-state index in [2.05, 4.69) is 38.4 Å². The largest absolute Gasteiger partial charge is 0.496 e. The number of aromatic nitrogens is 3. The van der Waals surface area contributed by atoms with Crippen LogP contribution < -0.4 is 16.0 Å². The van der Waals surface area contributed by atoms with E-state index in [9.17, 15) is 0 Å². The lowest BCUT2D eigenvalue weighted by molar-refractivity contribution is 0.411. The number of methoxy groups -OCH3 is 1. The first-order valence-corrected chi connectivity index (χ1v) is 7.65. The predicted molar refractivity (Wildman–Crippen MR) is 84.8 cm³/mol. The molecule has 0 aliphatic rings. The van der Waals surface area contributed by atoms with Crippen LogP contribution in [-0.2, 0) is 13.0 Å². The molecule has 0 aliphatic carbocycles. The van der Waals surface area contributed by atoms with Crippen molar-refractivity contribution in [2.75, 3.05) is 7.11 Å². The van der Waals surface area contributed by atoms with E-state index < -0.39 is 0 Å². The molecule has 0 amide bonds. The van der Waals surface area contributed by atoms with Gasteiger partial charge in [-0.3, -0.25) is 16.0 Å². The molecule has 1 heterocycles. The zero-order valence-corrected chi connectivity index (χ0v) is 13.8. The van der Waals surface area contributed by atoms with Gasteiger partial charge in [0.05, 0.1) is 17.6 Å². The van der Waals surface area contributed by atoms with Crippen LogP contribution in [0.4, 0.5) is 0 Å². The van der Waals surface area contributed by atoms with Gasteiger partial charge in [-0.2, -0.15) is 5.10 Å². The second kappa shape index (κ2) is 7.53. The van der Waals surface area contributed by atoms with Gasteiger partial charge < -0.3 is 4.74 Å². The third-order valence-corrected chi connectivity index (χ3v) is 3.92. The zero-order chi connectivity index (χ0) is 15.2. The highest BCUT2D eigenvalue weighted by atomic mass is 79.9. The monoisotopic (exact) mass is 353 g/mol. The standard InChI is InChI=1S/C14H20BrN5O/c1-3-6-20-14(17-9-18-20)8-12(19-16)10-4-5-13(21-2)11(15)7-10/h4-5,7,9,12,19H,3,6,8,16H2,1-2H3. The molecule has 21 heavy (non-hydrogen) atoms. The lowest BCUT2D eigenvalue weighted by Crippen LogP contribution is -2.30. The van der Waals surface area contributed by atoms with E-state index in [-0.39, 0.29) is 6.04 Å². The number of benzene rings is 1. The SMILES string of the molecule is CCCn1ncnc1CC(NN)c1ccc(OC)c(Br)c1. The Hall–Kier alpha value is -1.44. The van der Waals surface area contributed by atoms with Crippen molar-refractivity contribution >= 4 is 15.9 Å². The quantitative estimate of drug-likeness (QED) is 0.589. The van der Waals surface area contributed by atoms with E-state index in [1.807, 2.05) is 22.9 Å². The van der Waals surface area contributed by atoms with Crippen LogP contribution in [0.2, 0.25) is 0 Å². The molecule has 1 unspecified atom stereocenters. The number of hydrogen-bond acceptors (Lipinski definition) is 5. The zero-order valence-electron chi connectivity index (χ0n) is 12.2. The summed E-state index contributed by atoms with van der Waals surface area (Å²) in [6.07, 6.45) is 3.28. The molecule has 0 fully saturated rings. The first-order valence-electron chi connectivity index (χ1n) is 6.85. The Balaban J connectivity index is 2.19.